The van der Waals surface area contributed by atoms with E-state index in [4.69, 9.17) is 4.98 Å². The van der Waals surface area contributed by atoms with Crippen molar-refractivity contribution in [3.05, 3.63) is 11.1 Å². The van der Waals surface area contributed by atoms with Crippen molar-refractivity contribution in [2.75, 3.05) is 24.5 Å². The minimum absolute atomic E-state index is 0.592. The molecule has 1 saturated carbocycles. The zero-order valence-corrected chi connectivity index (χ0v) is 13.7. The third-order valence-corrected chi connectivity index (χ3v) is 6.05. The first-order valence-corrected chi connectivity index (χ1v) is 9.36. The lowest BCUT2D eigenvalue weighted by atomic mass is 9.97. The van der Waals surface area contributed by atoms with Crippen molar-refractivity contribution in [1.82, 2.24) is 15.2 Å². The Hall–Kier alpha value is -0.650. The largest absolute Gasteiger partial charge is 0.343 e. The van der Waals surface area contributed by atoms with Crippen LogP contribution in [0.1, 0.15) is 44.7 Å². The molecule has 0 amide bonds. The van der Waals surface area contributed by atoms with Gasteiger partial charge in [0.15, 0.2) is 5.13 Å². The molecule has 1 aromatic heterocycles. The van der Waals surface area contributed by atoms with E-state index in [9.17, 15) is 0 Å². The van der Waals surface area contributed by atoms with Gasteiger partial charge in [0.1, 0.15) is 0 Å². The fraction of sp³-hybridized carbons (Fsp3) is 0.812. The Bertz CT molecular complexity index is 484. The topological polar surface area (TPSA) is 31.4 Å². The van der Waals surface area contributed by atoms with Gasteiger partial charge in [-0.1, -0.05) is 6.42 Å². The van der Waals surface area contributed by atoms with Crippen LogP contribution in [0.4, 0.5) is 5.13 Å². The monoisotopic (exact) mass is 306 g/mol. The number of hydrogen-bond acceptors (Lipinski definition) is 5. The van der Waals surface area contributed by atoms with Gasteiger partial charge in [-0.15, -0.1) is 11.3 Å². The number of nitrogens with zero attached hydrogens (tertiary/aromatic N) is 3. The summed E-state index contributed by atoms with van der Waals surface area (Å²) < 4.78 is 0. The van der Waals surface area contributed by atoms with E-state index in [1.807, 2.05) is 11.3 Å². The summed E-state index contributed by atoms with van der Waals surface area (Å²) in [6.07, 6.45) is 6.84. The maximum atomic E-state index is 4.89. The molecule has 3 fully saturated rings. The molecule has 2 saturated heterocycles. The summed E-state index contributed by atoms with van der Waals surface area (Å²) in [5.74, 6) is 0. The van der Waals surface area contributed by atoms with Crippen LogP contribution in [0.3, 0.4) is 0 Å². The van der Waals surface area contributed by atoms with Crippen LogP contribution in [0.15, 0.2) is 5.38 Å². The van der Waals surface area contributed by atoms with Crippen molar-refractivity contribution < 1.29 is 0 Å². The standard InChI is InChI=1S/C16H26N4S/c1-12-9-19-7-3-2-4-15(19)10-20(12)16-18-14(11-21-16)8-17-13-5-6-13/h11-13,15,17H,2-10H2,1H3. The highest BCUT2D eigenvalue weighted by molar-refractivity contribution is 7.13. The van der Waals surface area contributed by atoms with Crippen molar-refractivity contribution in [3.63, 3.8) is 0 Å². The van der Waals surface area contributed by atoms with E-state index in [0.29, 0.717) is 6.04 Å². The number of anilines is 1. The highest BCUT2D eigenvalue weighted by atomic mass is 32.1. The Morgan fingerprint density at radius 2 is 2.19 bits per heavy atom. The lowest BCUT2D eigenvalue weighted by molar-refractivity contribution is 0.115. The maximum Gasteiger partial charge on any atom is 0.185 e. The predicted octanol–water partition coefficient (Wildman–Crippen LogP) is 2.46. The van der Waals surface area contributed by atoms with E-state index in [-0.39, 0.29) is 0 Å². The summed E-state index contributed by atoms with van der Waals surface area (Å²) in [6.45, 7) is 6.98. The Kier molecular flexibility index (Phi) is 3.90. The van der Waals surface area contributed by atoms with E-state index < -0.39 is 0 Å². The molecule has 116 valence electrons. The van der Waals surface area contributed by atoms with Crippen LogP contribution in [0.25, 0.3) is 0 Å². The zero-order chi connectivity index (χ0) is 14.2. The zero-order valence-electron chi connectivity index (χ0n) is 12.9. The van der Waals surface area contributed by atoms with Crippen molar-refractivity contribution in [1.29, 1.82) is 0 Å². The van der Waals surface area contributed by atoms with Crippen LogP contribution in [0.5, 0.6) is 0 Å². The molecular weight excluding hydrogens is 280 g/mol. The summed E-state index contributed by atoms with van der Waals surface area (Å²) >= 11 is 1.83. The molecule has 5 heteroatoms. The first-order valence-electron chi connectivity index (χ1n) is 8.48. The Balaban J connectivity index is 1.42. The Morgan fingerprint density at radius 3 is 3.05 bits per heavy atom. The number of aromatic nitrogens is 1. The summed E-state index contributed by atoms with van der Waals surface area (Å²) in [4.78, 5) is 10.1. The van der Waals surface area contributed by atoms with Crippen molar-refractivity contribution in [2.45, 2.75) is 63.7 Å². The first-order chi connectivity index (χ1) is 10.3. The van der Waals surface area contributed by atoms with E-state index in [1.165, 1.54) is 62.6 Å². The van der Waals surface area contributed by atoms with Gasteiger partial charge in [-0.25, -0.2) is 4.98 Å². The lowest BCUT2D eigenvalue weighted by Gasteiger charge is -2.47. The second-order valence-corrected chi connectivity index (χ2v) is 7.76. The number of hydrogen-bond donors (Lipinski definition) is 1. The average Bonchev–Trinajstić information content (AvgIpc) is 3.21. The maximum absolute atomic E-state index is 4.89. The molecule has 2 aliphatic heterocycles. The van der Waals surface area contributed by atoms with Crippen LogP contribution in [0, 0.1) is 0 Å². The van der Waals surface area contributed by atoms with E-state index in [0.717, 1.165) is 18.6 Å². The number of thiazole rings is 1. The molecule has 1 aromatic rings. The number of nitrogens with one attached hydrogen (secondary N) is 1. The minimum Gasteiger partial charge on any atom is -0.343 e. The van der Waals surface area contributed by atoms with Gasteiger partial charge >= 0.3 is 0 Å². The first kappa shape index (κ1) is 14.0. The molecule has 0 radical (unpaired) electrons. The Morgan fingerprint density at radius 1 is 1.29 bits per heavy atom. The molecule has 4 nitrogen and oxygen atoms in total. The second kappa shape index (κ2) is 5.86. The van der Waals surface area contributed by atoms with Crippen LogP contribution < -0.4 is 10.2 Å². The van der Waals surface area contributed by atoms with Crippen LogP contribution in [0.2, 0.25) is 0 Å². The van der Waals surface area contributed by atoms with Crippen molar-refractivity contribution in [3.8, 4) is 0 Å². The fourth-order valence-electron chi connectivity index (χ4n) is 3.66. The fourth-order valence-corrected chi connectivity index (χ4v) is 4.60. The van der Waals surface area contributed by atoms with E-state index in [1.54, 1.807) is 0 Å². The number of piperidine rings is 1. The SMILES string of the molecule is CC1CN2CCCCC2CN1c1nc(CNC2CC2)cs1. The molecule has 3 heterocycles. The predicted molar refractivity (Wildman–Crippen MR) is 88.0 cm³/mol. The van der Waals surface area contributed by atoms with Gasteiger partial charge in [-0.3, -0.25) is 4.90 Å². The molecule has 1 aliphatic carbocycles. The van der Waals surface area contributed by atoms with Crippen LogP contribution in [-0.2, 0) is 6.54 Å². The molecule has 0 bridgehead atoms. The smallest absolute Gasteiger partial charge is 0.185 e. The summed E-state index contributed by atoms with van der Waals surface area (Å²) in [7, 11) is 0. The number of fused-ring (bicyclic) bond motifs is 1. The molecule has 3 aliphatic rings. The molecule has 2 unspecified atom stereocenters. The van der Waals surface area contributed by atoms with Gasteiger partial charge in [0.25, 0.3) is 0 Å². The average molecular weight is 306 g/mol. The third-order valence-electron chi connectivity index (χ3n) is 5.12. The van der Waals surface area contributed by atoms with Gasteiger partial charge in [0.2, 0.25) is 0 Å². The van der Waals surface area contributed by atoms with Gasteiger partial charge in [0.05, 0.1) is 5.69 Å². The summed E-state index contributed by atoms with van der Waals surface area (Å²) in [5, 5.41) is 7.04. The molecular formula is C16H26N4S. The second-order valence-electron chi connectivity index (χ2n) is 6.92. The van der Waals surface area contributed by atoms with E-state index in [2.05, 4.69) is 27.4 Å². The number of rotatable bonds is 4. The molecule has 0 spiro atoms. The van der Waals surface area contributed by atoms with Crippen LogP contribution >= 0.6 is 11.3 Å². The molecule has 4 rings (SSSR count). The normalized spacial score (nSPS) is 30.4. The molecule has 1 N–H and O–H groups in total. The van der Waals surface area contributed by atoms with Crippen LogP contribution in [-0.4, -0.2) is 47.6 Å². The molecule has 0 aromatic carbocycles. The van der Waals surface area contributed by atoms with E-state index >= 15 is 0 Å². The third kappa shape index (κ3) is 3.10. The number of piperazine rings is 1. The van der Waals surface area contributed by atoms with Gasteiger partial charge < -0.3 is 10.2 Å². The molecule has 21 heavy (non-hydrogen) atoms. The van der Waals surface area contributed by atoms with Gasteiger partial charge in [-0.05, 0) is 39.2 Å². The lowest BCUT2D eigenvalue weighted by Crippen LogP contribution is -2.58. The highest BCUT2D eigenvalue weighted by Gasteiger charge is 2.34. The minimum atomic E-state index is 0.592. The Labute approximate surface area is 131 Å². The molecule has 2 atom stereocenters. The van der Waals surface area contributed by atoms with Gasteiger partial charge in [0, 0.05) is 43.1 Å². The summed E-state index contributed by atoms with van der Waals surface area (Å²) in [5.41, 5.74) is 1.22. The highest BCUT2D eigenvalue weighted by Crippen LogP contribution is 2.30. The van der Waals surface area contributed by atoms with Crippen molar-refractivity contribution in [2.24, 2.45) is 0 Å². The van der Waals surface area contributed by atoms with Crippen molar-refractivity contribution >= 4 is 16.5 Å². The quantitative estimate of drug-likeness (QED) is 0.926. The summed E-state index contributed by atoms with van der Waals surface area (Å²) in [6, 6.07) is 2.11. The van der Waals surface area contributed by atoms with Gasteiger partial charge in [-0.2, -0.15) is 0 Å².